The highest BCUT2D eigenvalue weighted by Crippen LogP contribution is 2.47. The lowest BCUT2D eigenvalue weighted by Gasteiger charge is -2.09. The Morgan fingerprint density at radius 3 is 2.10 bits per heavy atom. The molecule has 9 aromatic rings. The van der Waals surface area contributed by atoms with Crippen LogP contribution >= 0.6 is 22.7 Å². The maximum absolute atomic E-state index is 2.40. The van der Waals surface area contributed by atoms with Crippen LogP contribution in [0.25, 0.3) is 79.0 Å². The predicted molar refractivity (Wildman–Crippen MR) is 172 cm³/mol. The molecule has 182 valence electrons. The molecule has 0 unspecified atom stereocenters. The summed E-state index contributed by atoms with van der Waals surface area (Å²) in [5.74, 6) is 0. The Morgan fingerprint density at radius 1 is 0.436 bits per heavy atom. The van der Waals surface area contributed by atoms with Gasteiger partial charge in [-0.25, -0.2) is 0 Å². The summed E-state index contributed by atoms with van der Waals surface area (Å²) >= 11 is 3.83. The Labute approximate surface area is 232 Å². The standard InChI is InChI=1S/C36H21NS2/c1-2-9-23(10-3-1)37-29-14-6-4-11-25(29)28-21-22(17-19-30(28)37)24-13-8-16-32-34(24)35-33(38-32)20-18-27-26-12-5-7-15-31(26)39-36(27)35/h1-21H. The minimum Gasteiger partial charge on any atom is -0.309 e. The minimum absolute atomic E-state index is 1.19. The maximum Gasteiger partial charge on any atom is 0.0541 e. The molecule has 0 radical (unpaired) electrons. The Morgan fingerprint density at radius 2 is 1.18 bits per heavy atom. The number of rotatable bonds is 2. The zero-order valence-electron chi connectivity index (χ0n) is 20.9. The van der Waals surface area contributed by atoms with Gasteiger partial charge in [-0.05, 0) is 59.7 Å². The highest BCUT2D eigenvalue weighted by Gasteiger charge is 2.18. The molecule has 1 nitrogen and oxygen atoms in total. The first-order valence-corrected chi connectivity index (χ1v) is 14.8. The lowest BCUT2D eigenvalue weighted by molar-refractivity contribution is 1.18. The van der Waals surface area contributed by atoms with Crippen LogP contribution in [-0.4, -0.2) is 4.57 Å². The van der Waals surface area contributed by atoms with Crippen LogP contribution in [-0.2, 0) is 0 Å². The SMILES string of the molecule is c1ccc(-n2c3ccccc3c3cc(-c4cccc5sc6ccc7c8ccccc8sc7c6c45)ccc32)cc1. The molecule has 6 aromatic carbocycles. The van der Waals surface area contributed by atoms with Gasteiger partial charge in [0, 0.05) is 56.8 Å². The Balaban J connectivity index is 1.37. The van der Waals surface area contributed by atoms with E-state index in [0.29, 0.717) is 0 Å². The van der Waals surface area contributed by atoms with Gasteiger partial charge in [-0.15, -0.1) is 22.7 Å². The van der Waals surface area contributed by atoms with Gasteiger partial charge < -0.3 is 4.57 Å². The summed E-state index contributed by atoms with van der Waals surface area (Å²) in [7, 11) is 0. The average Bonchev–Trinajstić information content (AvgIpc) is 3.66. The lowest BCUT2D eigenvalue weighted by atomic mass is 9.97. The van der Waals surface area contributed by atoms with E-state index in [1.54, 1.807) is 0 Å². The number of nitrogens with zero attached hydrogens (tertiary/aromatic N) is 1. The molecule has 0 saturated heterocycles. The van der Waals surface area contributed by atoms with Crippen molar-refractivity contribution in [2.24, 2.45) is 0 Å². The van der Waals surface area contributed by atoms with Crippen molar-refractivity contribution >= 4 is 84.8 Å². The fourth-order valence-corrected chi connectivity index (χ4v) is 8.78. The number of thiophene rings is 2. The van der Waals surface area contributed by atoms with Crippen molar-refractivity contribution in [3.63, 3.8) is 0 Å². The molecule has 0 aliphatic heterocycles. The summed E-state index contributed by atoms with van der Waals surface area (Å²) in [4.78, 5) is 0. The summed E-state index contributed by atoms with van der Waals surface area (Å²) < 4.78 is 7.84. The molecule has 0 fully saturated rings. The molecular formula is C36H21NS2. The third-order valence-electron chi connectivity index (χ3n) is 8.00. The second-order valence-electron chi connectivity index (χ2n) is 10.1. The monoisotopic (exact) mass is 531 g/mol. The van der Waals surface area contributed by atoms with E-state index in [1.807, 2.05) is 22.7 Å². The normalized spacial score (nSPS) is 12.1. The molecular weight excluding hydrogens is 511 g/mol. The molecule has 39 heavy (non-hydrogen) atoms. The quantitative estimate of drug-likeness (QED) is 0.209. The fraction of sp³-hybridized carbons (Fsp3) is 0. The van der Waals surface area contributed by atoms with E-state index in [4.69, 9.17) is 0 Å². The number of hydrogen-bond acceptors (Lipinski definition) is 2. The molecule has 9 rings (SSSR count). The van der Waals surface area contributed by atoms with Crippen LogP contribution in [0.2, 0.25) is 0 Å². The molecule has 0 atom stereocenters. The number of para-hydroxylation sites is 2. The first-order chi connectivity index (χ1) is 19.3. The van der Waals surface area contributed by atoms with E-state index in [-0.39, 0.29) is 0 Å². The highest BCUT2D eigenvalue weighted by molar-refractivity contribution is 7.29. The van der Waals surface area contributed by atoms with Gasteiger partial charge >= 0.3 is 0 Å². The first-order valence-electron chi connectivity index (χ1n) is 13.2. The Hall–Kier alpha value is -4.44. The first kappa shape index (κ1) is 21.5. The van der Waals surface area contributed by atoms with Gasteiger partial charge in [0.1, 0.15) is 0 Å². The second kappa shape index (κ2) is 8.03. The zero-order chi connectivity index (χ0) is 25.5. The van der Waals surface area contributed by atoms with Crippen molar-refractivity contribution in [2.75, 3.05) is 0 Å². The average molecular weight is 532 g/mol. The Bertz CT molecular complexity index is 2390. The van der Waals surface area contributed by atoms with Crippen LogP contribution in [0, 0.1) is 0 Å². The van der Waals surface area contributed by atoms with Crippen LogP contribution < -0.4 is 0 Å². The molecule has 0 aliphatic carbocycles. The summed E-state index contributed by atoms with van der Waals surface area (Å²) in [5.41, 5.74) is 6.24. The van der Waals surface area contributed by atoms with Crippen molar-refractivity contribution < 1.29 is 0 Å². The summed E-state index contributed by atoms with van der Waals surface area (Å²) in [6.45, 7) is 0. The van der Waals surface area contributed by atoms with Crippen LogP contribution in [0.15, 0.2) is 127 Å². The summed E-state index contributed by atoms with van der Waals surface area (Å²) in [6.07, 6.45) is 0. The van der Waals surface area contributed by atoms with Crippen molar-refractivity contribution in [3.05, 3.63) is 127 Å². The number of aromatic nitrogens is 1. The van der Waals surface area contributed by atoms with E-state index in [2.05, 4.69) is 132 Å². The van der Waals surface area contributed by atoms with Gasteiger partial charge in [0.25, 0.3) is 0 Å². The van der Waals surface area contributed by atoms with Crippen molar-refractivity contribution in [2.45, 2.75) is 0 Å². The van der Waals surface area contributed by atoms with Crippen LogP contribution in [0.4, 0.5) is 0 Å². The molecule has 3 aromatic heterocycles. The lowest BCUT2D eigenvalue weighted by Crippen LogP contribution is -1.92. The topological polar surface area (TPSA) is 4.93 Å². The Kier molecular flexibility index (Phi) is 4.43. The van der Waals surface area contributed by atoms with Gasteiger partial charge in [-0.2, -0.15) is 0 Å². The van der Waals surface area contributed by atoms with Crippen LogP contribution in [0.3, 0.4) is 0 Å². The van der Waals surface area contributed by atoms with Gasteiger partial charge in [0.05, 0.1) is 11.0 Å². The molecule has 0 spiro atoms. The van der Waals surface area contributed by atoms with Crippen molar-refractivity contribution in [1.29, 1.82) is 0 Å². The van der Waals surface area contributed by atoms with Gasteiger partial charge in [-0.3, -0.25) is 0 Å². The maximum atomic E-state index is 2.40. The van der Waals surface area contributed by atoms with Crippen molar-refractivity contribution in [3.8, 4) is 16.8 Å². The molecule has 0 saturated carbocycles. The largest absolute Gasteiger partial charge is 0.309 e. The van der Waals surface area contributed by atoms with Gasteiger partial charge in [0.15, 0.2) is 0 Å². The number of benzene rings is 6. The smallest absolute Gasteiger partial charge is 0.0541 e. The predicted octanol–water partition coefficient (Wildman–Crippen LogP) is 11.2. The van der Waals surface area contributed by atoms with Gasteiger partial charge in [-0.1, -0.05) is 78.9 Å². The highest BCUT2D eigenvalue weighted by atomic mass is 32.1. The molecule has 0 aliphatic rings. The van der Waals surface area contributed by atoms with E-state index in [9.17, 15) is 0 Å². The van der Waals surface area contributed by atoms with E-state index in [1.165, 1.54) is 79.0 Å². The van der Waals surface area contributed by atoms with E-state index >= 15 is 0 Å². The number of fused-ring (bicyclic) bond motifs is 10. The molecule has 3 heteroatoms. The fourth-order valence-electron chi connectivity index (χ4n) is 6.32. The second-order valence-corrected chi connectivity index (χ2v) is 12.3. The van der Waals surface area contributed by atoms with Gasteiger partial charge in [0.2, 0.25) is 0 Å². The molecule has 3 heterocycles. The van der Waals surface area contributed by atoms with Crippen molar-refractivity contribution in [1.82, 2.24) is 4.57 Å². The molecule has 0 bridgehead atoms. The molecule has 0 amide bonds. The van der Waals surface area contributed by atoms with Crippen LogP contribution in [0.5, 0.6) is 0 Å². The summed E-state index contributed by atoms with van der Waals surface area (Å²) in [6, 6.07) is 46.7. The zero-order valence-corrected chi connectivity index (χ0v) is 22.5. The minimum atomic E-state index is 1.19. The van der Waals surface area contributed by atoms with E-state index < -0.39 is 0 Å². The molecule has 0 N–H and O–H groups in total. The number of hydrogen-bond donors (Lipinski definition) is 0. The van der Waals surface area contributed by atoms with E-state index in [0.717, 1.165) is 0 Å². The van der Waals surface area contributed by atoms with Crippen LogP contribution in [0.1, 0.15) is 0 Å². The summed E-state index contributed by atoms with van der Waals surface area (Å²) in [5, 5.41) is 8.06. The third kappa shape index (κ3) is 3.00. The third-order valence-corrected chi connectivity index (χ3v) is 10.3.